The molecule has 0 spiro atoms. The third kappa shape index (κ3) is 3.49. The van der Waals surface area contributed by atoms with Gasteiger partial charge >= 0.3 is 0 Å². The van der Waals surface area contributed by atoms with Crippen LogP contribution in [0.25, 0.3) is 0 Å². The Morgan fingerprint density at radius 2 is 1.33 bits per heavy atom. The Balaban J connectivity index is 1.31. The van der Waals surface area contributed by atoms with E-state index < -0.39 is 0 Å². The Kier molecular flexibility index (Phi) is 2.94. The van der Waals surface area contributed by atoms with Crippen molar-refractivity contribution >= 4 is 0 Å². The van der Waals surface area contributed by atoms with E-state index in [0.29, 0.717) is 38.6 Å². The molecule has 0 radical (unpaired) electrons. The molecule has 0 aromatic carbocycles. The van der Waals surface area contributed by atoms with Gasteiger partial charge in [0, 0.05) is 0 Å². The van der Waals surface area contributed by atoms with Crippen molar-refractivity contribution in [3.8, 4) is 0 Å². The zero-order valence-electron chi connectivity index (χ0n) is 7.03. The quantitative estimate of drug-likeness (QED) is 0.396. The Bertz CT molecular complexity index is 115. The summed E-state index contributed by atoms with van der Waals surface area (Å²) in [6.45, 7) is 4.46. The van der Waals surface area contributed by atoms with E-state index in [1.807, 2.05) is 0 Å². The molecular weight excluding hydrogens is 160 g/mol. The van der Waals surface area contributed by atoms with Gasteiger partial charge in [0.15, 0.2) is 0 Å². The van der Waals surface area contributed by atoms with Gasteiger partial charge in [0.1, 0.15) is 12.2 Å². The first kappa shape index (κ1) is 8.44. The van der Waals surface area contributed by atoms with Crippen LogP contribution in [0.3, 0.4) is 0 Å². The molecule has 4 heteroatoms. The summed E-state index contributed by atoms with van der Waals surface area (Å²) in [5.41, 5.74) is 0. The summed E-state index contributed by atoms with van der Waals surface area (Å²) in [4.78, 5) is 0. The Morgan fingerprint density at radius 3 is 1.67 bits per heavy atom. The van der Waals surface area contributed by atoms with Crippen LogP contribution >= 0.6 is 0 Å². The molecule has 0 aliphatic carbocycles. The van der Waals surface area contributed by atoms with Crippen molar-refractivity contribution in [2.45, 2.75) is 12.2 Å². The topological polar surface area (TPSA) is 43.5 Å². The van der Waals surface area contributed by atoms with Crippen LogP contribution in [0.4, 0.5) is 0 Å². The molecular formula is C8H14O4. The van der Waals surface area contributed by atoms with Crippen LogP contribution in [0.1, 0.15) is 0 Å². The van der Waals surface area contributed by atoms with E-state index in [1.165, 1.54) is 0 Å². The van der Waals surface area contributed by atoms with E-state index in [0.717, 1.165) is 13.2 Å². The van der Waals surface area contributed by atoms with Gasteiger partial charge in [-0.25, -0.2) is 0 Å². The van der Waals surface area contributed by atoms with Gasteiger partial charge in [0.05, 0.1) is 39.6 Å². The highest BCUT2D eigenvalue weighted by Gasteiger charge is 2.23. The van der Waals surface area contributed by atoms with Crippen LogP contribution in [0.5, 0.6) is 0 Å². The van der Waals surface area contributed by atoms with Crippen molar-refractivity contribution in [2.75, 3.05) is 39.6 Å². The second-order valence-electron chi connectivity index (χ2n) is 3.06. The highest BCUT2D eigenvalue weighted by molar-refractivity contribution is 4.68. The Hall–Kier alpha value is -0.160. The van der Waals surface area contributed by atoms with E-state index >= 15 is 0 Å². The molecule has 0 N–H and O–H groups in total. The summed E-state index contributed by atoms with van der Waals surface area (Å²) < 4.78 is 20.5. The maximum absolute atomic E-state index is 5.27. The summed E-state index contributed by atoms with van der Waals surface area (Å²) in [7, 11) is 0. The lowest BCUT2D eigenvalue weighted by molar-refractivity contribution is 0.0366. The van der Waals surface area contributed by atoms with Crippen molar-refractivity contribution in [3.63, 3.8) is 0 Å². The first-order valence-electron chi connectivity index (χ1n) is 4.34. The molecule has 0 saturated carbocycles. The Labute approximate surface area is 71.7 Å². The van der Waals surface area contributed by atoms with Gasteiger partial charge in [-0.1, -0.05) is 0 Å². The molecule has 12 heavy (non-hydrogen) atoms. The highest BCUT2D eigenvalue weighted by Crippen LogP contribution is 2.09. The minimum atomic E-state index is 0.358. The molecule has 0 aromatic heterocycles. The lowest BCUT2D eigenvalue weighted by Gasteiger charge is -2.02. The molecule has 2 rings (SSSR count). The fourth-order valence-corrected chi connectivity index (χ4v) is 0.876. The lowest BCUT2D eigenvalue weighted by atomic mass is 10.5. The van der Waals surface area contributed by atoms with E-state index in [9.17, 15) is 0 Å². The minimum absolute atomic E-state index is 0.358. The van der Waals surface area contributed by atoms with Gasteiger partial charge < -0.3 is 18.9 Å². The Morgan fingerprint density at radius 1 is 0.917 bits per heavy atom. The SMILES string of the molecule is C(COC[C@H]1CO1)OCC1CO1. The summed E-state index contributed by atoms with van der Waals surface area (Å²) in [6, 6.07) is 0. The molecule has 2 saturated heterocycles. The normalized spacial score (nSPS) is 32.0. The first-order chi connectivity index (χ1) is 5.95. The monoisotopic (exact) mass is 174 g/mol. The summed E-state index contributed by atoms with van der Waals surface area (Å²) in [6.07, 6.45) is 0.716. The summed E-state index contributed by atoms with van der Waals surface area (Å²) >= 11 is 0. The minimum Gasteiger partial charge on any atom is -0.376 e. The maximum atomic E-state index is 5.27. The number of ether oxygens (including phenoxy) is 4. The third-order valence-electron chi connectivity index (χ3n) is 1.78. The number of epoxide rings is 2. The summed E-state index contributed by atoms with van der Waals surface area (Å²) in [5.74, 6) is 0. The maximum Gasteiger partial charge on any atom is 0.104 e. The van der Waals surface area contributed by atoms with Crippen LogP contribution in [0, 0.1) is 0 Å². The molecule has 2 aliphatic rings. The molecule has 2 aliphatic heterocycles. The van der Waals surface area contributed by atoms with E-state index in [2.05, 4.69) is 0 Å². The average molecular weight is 174 g/mol. The van der Waals surface area contributed by atoms with Gasteiger partial charge in [-0.05, 0) is 0 Å². The van der Waals surface area contributed by atoms with Gasteiger partial charge in [-0.15, -0.1) is 0 Å². The van der Waals surface area contributed by atoms with Crippen LogP contribution in [-0.4, -0.2) is 51.8 Å². The fraction of sp³-hybridized carbons (Fsp3) is 1.00. The molecule has 0 aromatic rings. The van der Waals surface area contributed by atoms with Gasteiger partial charge in [-0.3, -0.25) is 0 Å². The van der Waals surface area contributed by atoms with Crippen molar-refractivity contribution in [1.82, 2.24) is 0 Å². The smallest absolute Gasteiger partial charge is 0.104 e. The van der Waals surface area contributed by atoms with Crippen LogP contribution < -0.4 is 0 Å². The predicted octanol–water partition coefficient (Wildman–Crippen LogP) is -0.183. The fourth-order valence-electron chi connectivity index (χ4n) is 0.876. The first-order valence-corrected chi connectivity index (χ1v) is 4.34. The molecule has 2 heterocycles. The molecule has 0 bridgehead atoms. The van der Waals surface area contributed by atoms with Gasteiger partial charge in [0.2, 0.25) is 0 Å². The summed E-state index contributed by atoms with van der Waals surface area (Å²) in [5, 5.41) is 0. The average Bonchev–Trinajstić information content (AvgIpc) is 2.89. The van der Waals surface area contributed by atoms with Crippen molar-refractivity contribution in [3.05, 3.63) is 0 Å². The molecule has 2 fully saturated rings. The number of hydrogen-bond donors (Lipinski definition) is 0. The number of rotatable bonds is 7. The van der Waals surface area contributed by atoms with E-state index in [1.54, 1.807) is 0 Å². The standard InChI is InChI=1S/C8H14O4/c1(9-3-7-5-11-7)2-10-4-8-6-12-8/h7-8H,1-6H2/t7-,8?/m0/s1. The van der Waals surface area contributed by atoms with Crippen LogP contribution in [0.15, 0.2) is 0 Å². The highest BCUT2D eigenvalue weighted by atomic mass is 16.6. The largest absolute Gasteiger partial charge is 0.376 e. The van der Waals surface area contributed by atoms with Gasteiger partial charge in [0.25, 0.3) is 0 Å². The zero-order valence-corrected chi connectivity index (χ0v) is 7.03. The van der Waals surface area contributed by atoms with Crippen molar-refractivity contribution < 1.29 is 18.9 Å². The third-order valence-corrected chi connectivity index (χ3v) is 1.78. The van der Waals surface area contributed by atoms with Gasteiger partial charge in [-0.2, -0.15) is 0 Å². The lowest BCUT2D eigenvalue weighted by Crippen LogP contribution is -2.10. The molecule has 70 valence electrons. The molecule has 0 amide bonds. The molecule has 4 nitrogen and oxygen atoms in total. The van der Waals surface area contributed by atoms with Crippen LogP contribution in [-0.2, 0) is 18.9 Å². The van der Waals surface area contributed by atoms with Crippen molar-refractivity contribution in [2.24, 2.45) is 0 Å². The second kappa shape index (κ2) is 4.18. The predicted molar refractivity (Wildman–Crippen MR) is 41.1 cm³/mol. The van der Waals surface area contributed by atoms with E-state index in [4.69, 9.17) is 18.9 Å². The van der Waals surface area contributed by atoms with Crippen LogP contribution in [0.2, 0.25) is 0 Å². The second-order valence-corrected chi connectivity index (χ2v) is 3.06. The molecule has 2 atom stereocenters. The zero-order chi connectivity index (χ0) is 8.23. The molecule has 1 unspecified atom stereocenters. The van der Waals surface area contributed by atoms with E-state index in [-0.39, 0.29) is 0 Å². The van der Waals surface area contributed by atoms with Crippen molar-refractivity contribution in [1.29, 1.82) is 0 Å². The number of hydrogen-bond acceptors (Lipinski definition) is 4.